The molecule has 0 aliphatic heterocycles. The second-order valence-corrected chi connectivity index (χ2v) is 5.49. The molecule has 1 aromatic heterocycles. The van der Waals surface area contributed by atoms with Gasteiger partial charge in [0.1, 0.15) is 0 Å². The van der Waals surface area contributed by atoms with Crippen molar-refractivity contribution in [2.75, 3.05) is 5.32 Å². The van der Waals surface area contributed by atoms with Crippen molar-refractivity contribution >= 4 is 11.6 Å². The Kier molecular flexibility index (Phi) is 3.86. The number of carbonyl (C=O) groups excluding carboxylic acids is 1. The normalized spacial score (nSPS) is 13.8. The molecule has 21 heavy (non-hydrogen) atoms. The maximum Gasteiger partial charge on any atom is 0.251 e. The fraction of sp³-hybridized carbons (Fsp3) is 0.294. The van der Waals surface area contributed by atoms with Gasteiger partial charge in [0.15, 0.2) is 0 Å². The third kappa shape index (κ3) is 3.81. The number of hydrogen-bond donors (Lipinski definition) is 2. The van der Waals surface area contributed by atoms with E-state index in [0.717, 1.165) is 29.8 Å². The van der Waals surface area contributed by atoms with Crippen LogP contribution in [0.1, 0.15) is 34.5 Å². The minimum Gasteiger partial charge on any atom is -0.381 e. The highest BCUT2D eigenvalue weighted by atomic mass is 16.1. The van der Waals surface area contributed by atoms with Gasteiger partial charge in [-0.15, -0.1) is 0 Å². The van der Waals surface area contributed by atoms with Gasteiger partial charge in [-0.2, -0.15) is 0 Å². The molecule has 0 unspecified atom stereocenters. The topological polar surface area (TPSA) is 54.0 Å². The van der Waals surface area contributed by atoms with Gasteiger partial charge >= 0.3 is 0 Å². The Morgan fingerprint density at radius 1 is 1.29 bits per heavy atom. The van der Waals surface area contributed by atoms with Gasteiger partial charge in [-0.05, 0) is 49.6 Å². The number of benzene rings is 1. The van der Waals surface area contributed by atoms with E-state index < -0.39 is 0 Å². The Balaban J connectivity index is 1.62. The summed E-state index contributed by atoms with van der Waals surface area (Å²) in [7, 11) is 0. The van der Waals surface area contributed by atoms with Crippen LogP contribution < -0.4 is 10.6 Å². The van der Waals surface area contributed by atoms with Gasteiger partial charge in [0, 0.05) is 35.7 Å². The molecular formula is C17H19N3O. The van der Waals surface area contributed by atoms with Crippen LogP contribution in [0.25, 0.3) is 0 Å². The molecule has 0 atom stereocenters. The van der Waals surface area contributed by atoms with Crippen molar-refractivity contribution in [3.63, 3.8) is 0 Å². The molecule has 4 nitrogen and oxygen atoms in total. The first-order chi connectivity index (χ1) is 10.2. The number of pyridine rings is 1. The number of aromatic nitrogens is 1. The van der Waals surface area contributed by atoms with Crippen LogP contribution in [-0.2, 0) is 6.54 Å². The Morgan fingerprint density at radius 3 is 2.86 bits per heavy atom. The third-order valence-electron chi connectivity index (χ3n) is 3.51. The Labute approximate surface area is 124 Å². The van der Waals surface area contributed by atoms with Crippen LogP contribution in [0.2, 0.25) is 0 Å². The lowest BCUT2D eigenvalue weighted by atomic mass is 10.1. The van der Waals surface area contributed by atoms with Crippen molar-refractivity contribution in [1.82, 2.24) is 10.3 Å². The second-order valence-electron chi connectivity index (χ2n) is 5.49. The SMILES string of the molecule is Cc1ccc(CNc2cccc(C(=O)NC3CC3)c2)cn1. The molecule has 1 aliphatic carbocycles. The smallest absolute Gasteiger partial charge is 0.251 e. The van der Waals surface area contributed by atoms with Crippen LogP contribution in [0, 0.1) is 6.92 Å². The monoisotopic (exact) mass is 281 g/mol. The van der Waals surface area contributed by atoms with Crippen LogP contribution in [-0.4, -0.2) is 16.9 Å². The van der Waals surface area contributed by atoms with Crippen molar-refractivity contribution in [1.29, 1.82) is 0 Å². The first kappa shape index (κ1) is 13.6. The molecule has 0 spiro atoms. The van der Waals surface area contributed by atoms with E-state index >= 15 is 0 Å². The molecule has 0 radical (unpaired) electrons. The molecular weight excluding hydrogens is 262 g/mol. The van der Waals surface area contributed by atoms with Crippen molar-refractivity contribution in [2.24, 2.45) is 0 Å². The summed E-state index contributed by atoms with van der Waals surface area (Å²) in [6.45, 7) is 2.67. The number of nitrogens with one attached hydrogen (secondary N) is 2. The highest BCUT2D eigenvalue weighted by molar-refractivity contribution is 5.95. The Hall–Kier alpha value is -2.36. The number of carbonyl (C=O) groups is 1. The predicted molar refractivity (Wildman–Crippen MR) is 83.2 cm³/mol. The number of anilines is 1. The Morgan fingerprint density at radius 2 is 2.14 bits per heavy atom. The standard InChI is InChI=1S/C17H19N3O/c1-12-5-6-13(10-18-12)11-19-16-4-2-3-14(9-16)17(21)20-15-7-8-15/h2-6,9-10,15,19H,7-8,11H2,1H3,(H,20,21). The molecule has 4 heteroatoms. The largest absolute Gasteiger partial charge is 0.381 e. The number of nitrogens with zero attached hydrogens (tertiary/aromatic N) is 1. The molecule has 2 aromatic rings. The summed E-state index contributed by atoms with van der Waals surface area (Å²) in [5.41, 5.74) is 3.78. The number of amides is 1. The number of rotatable bonds is 5. The molecule has 108 valence electrons. The number of hydrogen-bond acceptors (Lipinski definition) is 3. The minimum absolute atomic E-state index is 0.0122. The molecule has 3 rings (SSSR count). The van der Waals surface area contributed by atoms with E-state index in [-0.39, 0.29) is 5.91 Å². The summed E-state index contributed by atoms with van der Waals surface area (Å²) >= 11 is 0. The summed E-state index contributed by atoms with van der Waals surface area (Å²) in [5.74, 6) is 0.0122. The van der Waals surface area contributed by atoms with Gasteiger partial charge in [0.25, 0.3) is 5.91 Å². The van der Waals surface area contributed by atoms with Crippen LogP contribution in [0.4, 0.5) is 5.69 Å². The van der Waals surface area contributed by atoms with Gasteiger partial charge in [0.2, 0.25) is 0 Å². The van der Waals surface area contributed by atoms with Crippen molar-refractivity contribution in [3.8, 4) is 0 Å². The minimum atomic E-state index is 0.0122. The van der Waals surface area contributed by atoms with Gasteiger partial charge in [0.05, 0.1) is 0 Å². The summed E-state index contributed by atoms with van der Waals surface area (Å²) in [6, 6.07) is 12.0. The third-order valence-corrected chi connectivity index (χ3v) is 3.51. The van der Waals surface area contributed by atoms with E-state index in [4.69, 9.17) is 0 Å². The maximum absolute atomic E-state index is 12.0. The fourth-order valence-corrected chi connectivity index (χ4v) is 2.07. The molecule has 2 N–H and O–H groups in total. The van der Waals surface area contributed by atoms with Crippen molar-refractivity contribution in [2.45, 2.75) is 32.4 Å². The van der Waals surface area contributed by atoms with Crippen molar-refractivity contribution in [3.05, 3.63) is 59.4 Å². The second kappa shape index (κ2) is 5.95. The fourth-order valence-electron chi connectivity index (χ4n) is 2.07. The molecule has 0 bridgehead atoms. The van der Waals surface area contributed by atoms with Gasteiger partial charge in [-0.1, -0.05) is 12.1 Å². The van der Waals surface area contributed by atoms with Gasteiger partial charge < -0.3 is 10.6 Å². The zero-order chi connectivity index (χ0) is 14.7. The highest BCUT2D eigenvalue weighted by Crippen LogP contribution is 2.20. The molecule has 1 aliphatic rings. The van der Waals surface area contributed by atoms with E-state index in [9.17, 15) is 4.79 Å². The van der Waals surface area contributed by atoms with E-state index in [1.165, 1.54) is 0 Å². The molecule has 1 saturated carbocycles. The van der Waals surface area contributed by atoms with Crippen LogP contribution in [0.15, 0.2) is 42.6 Å². The van der Waals surface area contributed by atoms with Gasteiger partial charge in [-0.3, -0.25) is 9.78 Å². The average molecular weight is 281 g/mol. The van der Waals surface area contributed by atoms with Gasteiger partial charge in [-0.25, -0.2) is 0 Å². The number of aryl methyl sites for hydroxylation is 1. The van der Waals surface area contributed by atoms with E-state index in [0.29, 0.717) is 18.2 Å². The zero-order valence-corrected chi connectivity index (χ0v) is 12.1. The average Bonchev–Trinajstić information content (AvgIpc) is 3.31. The van der Waals surface area contributed by atoms with Crippen LogP contribution in [0.5, 0.6) is 0 Å². The molecule has 1 amide bonds. The molecule has 1 aromatic carbocycles. The lowest BCUT2D eigenvalue weighted by Crippen LogP contribution is -2.25. The molecule has 1 heterocycles. The van der Waals surface area contributed by atoms with Crippen molar-refractivity contribution < 1.29 is 4.79 Å². The molecule has 0 saturated heterocycles. The highest BCUT2D eigenvalue weighted by Gasteiger charge is 2.23. The lowest BCUT2D eigenvalue weighted by molar-refractivity contribution is 0.0951. The first-order valence-corrected chi connectivity index (χ1v) is 7.27. The van der Waals surface area contributed by atoms with E-state index in [1.807, 2.05) is 43.5 Å². The maximum atomic E-state index is 12.0. The van der Waals surface area contributed by atoms with Crippen LogP contribution in [0.3, 0.4) is 0 Å². The summed E-state index contributed by atoms with van der Waals surface area (Å²) in [5, 5.41) is 6.33. The van der Waals surface area contributed by atoms with E-state index in [1.54, 1.807) is 0 Å². The summed E-state index contributed by atoms with van der Waals surface area (Å²) < 4.78 is 0. The quantitative estimate of drug-likeness (QED) is 0.886. The molecule has 1 fully saturated rings. The Bertz CT molecular complexity index is 633. The van der Waals surface area contributed by atoms with E-state index in [2.05, 4.69) is 21.7 Å². The lowest BCUT2D eigenvalue weighted by Gasteiger charge is -2.09. The van der Waals surface area contributed by atoms with Crippen LogP contribution >= 0.6 is 0 Å². The summed E-state index contributed by atoms with van der Waals surface area (Å²) in [6.07, 6.45) is 4.07. The summed E-state index contributed by atoms with van der Waals surface area (Å²) in [4.78, 5) is 16.3. The predicted octanol–water partition coefficient (Wildman–Crippen LogP) is 2.89. The first-order valence-electron chi connectivity index (χ1n) is 7.27. The zero-order valence-electron chi connectivity index (χ0n) is 12.1.